The van der Waals surface area contributed by atoms with Crippen molar-refractivity contribution in [3.05, 3.63) is 58.3 Å². The Balaban J connectivity index is 0.00000220. The predicted molar refractivity (Wildman–Crippen MR) is 83.4 cm³/mol. The molecule has 0 heterocycles. The molecule has 0 amide bonds. The van der Waals surface area contributed by atoms with E-state index in [4.69, 9.17) is 0 Å². The molecule has 0 aliphatic heterocycles. The number of hydrogen-bond donors (Lipinski definition) is 2. The van der Waals surface area contributed by atoms with E-state index in [0.29, 0.717) is 11.4 Å². The zero-order valence-electron chi connectivity index (χ0n) is 11.1. The molecule has 9 heteroatoms. The molecule has 21 heavy (non-hydrogen) atoms. The SMILES string of the molecule is O=NNc1ccc(SSc2ccc(NN=O)cc2)cc1.[Na+]. The quantitative estimate of drug-likeness (QED) is 0.348. The maximum absolute atomic E-state index is 10.0. The second-order valence-corrected chi connectivity index (χ2v) is 5.90. The Morgan fingerprint density at radius 1 is 0.667 bits per heavy atom. The van der Waals surface area contributed by atoms with E-state index in [9.17, 15) is 9.81 Å². The van der Waals surface area contributed by atoms with E-state index in [0.717, 1.165) is 9.79 Å². The summed E-state index contributed by atoms with van der Waals surface area (Å²) in [5, 5.41) is 5.21. The van der Waals surface area contributed by atoms with Crippen molar-refractivity contribution in [2.45, 2.75) is 9.79 Å². The van der Waals surface area contributed by atoms with Crippen LogP contribution in [0.15, 0.2) is 68.9 Å². The van der Waals surface area contributed by atoms with Crippen LogP contribution in [0.4, 0.5) is 11.4 Å². The molecule has 0 unspecified atom stereocenters. The van der Waals surface area contributed by atoms with Gasteiger partial charge in [0.2, 0.25) is 0 Å². The summed E-state index contributed by atoms with van der Waals surface area (Å²) in [4.78, 5) is 22.2. The predicted octanol–water partition coefficient (Wildman–Crippen LogP) is 1.68. The van der Waals surface area contributed by atoms with Gasteiger partial charge in [-0.15, -0.1) is 9.81 Å². The van der Waals surface area contributed by atoms with Crippen molar-refractivity contribution in [1.82, 2.24) is 0 Å². The molecule has 0 fully saturated rings. The molecule has 6 nitrogen and oxygen atoms in total. The molecule has 102 valence electrons. The van der Waals surface area contributed by atoms with E-state index in [2.05, 4.69) is 21.4 Å². The summed E-state index contributed by atoms with van der Waals surface area (Å²) in [5.41, 5.74) is 5.99. The minimum Gasteiger partial charge on any atom is -0.242 e. The van der Waals surface area contributed by atoms with Gasteiger partial charge >= 0.3 is 29.6 Å². The van der Waals surface area contributed by atoms with Crippen LogP contribution < -0.4 is 40.4 Å². The van der Waals surface area contributed by atoms with Gasteiger partial charge in [0.25, 0.3) is 0 Å². The Morgan fingerprint density at radius 3 is 1.29 bits per heavy atom. The largest absolute Gasteiger partial charge is 1.00 e. The third kappa shape index (κ3) is 6.06. The van der Waals surface area contributed by atoms with Gasteiger partial charge in [-0.3, -0.25) is 0 Å². The van der Waals surface area contributed by atoms with Gasteiger partial charge in [-0.2, -0.15) is 0 Å². The first kappa shape index (κ1) is 18.0. The van der Waals surface area contributed by atoms with Crippen LogP contribution in [-0.2, 0) is 0 Å². The Hall–Kier alpha value is -1.06. The first-order valence-corrected chi connectivity index (χ1v) is 7.68. The number of nitrogens with one attached hydrogen (secondary N) is 2. The number of hydrogen-bond acceptors (Lipinski definition) is 6. The fraction of sp³-hybridized carbons (Fsp3) is 0. The molecule has 0 radical (unpaired) electrons. The van der Waals surface area contributed by atoms with E-state index >= 15 is 0 Å². The van der Waals surface area contributed by atoms with Gasteiger partial charge in [-0.05, 0) is 48.5 Å². The average Bonchev–Trinajstić information content (AvgIpc) is 2.49. The topological polar surface area (TPSA) is 82.9 Å². The fourth-order valence-electron chi connectivity index (χ4n) is 1.37. The maximum atomic E-state index is 10.0. The minimum absolute atomic E-state index is 0. The summed E-state index contributed by atoms with van der Waals surface area (Å²) in [6, 6.07) is 14.7. The first-order valence-electron chi connectivity index (χ1n) is 5.53. The molecule has 2 aromatic rings. The van der Waals surface area contributed by atoms with Gasteiger partial charge in [-0.25, -0.2) is 10.9 Å². The van der Waals surface area contributed by atoms with E-state index in [-0.39, 0.29) is 29.6 Å². The molecular formula is C12H10N4NaO2S2+. The molecule has 0 saturated heterocycles. The Morgan fingerprint density at radius 2 is 1.00 bits per heavy atom. The standard InChI is InChI=1S/C12H10N4O2S2.Na/c17-15-13-9-1-5-11(6-2-9)19-20-12-7-3-10(4-8-12)14-16-18;/h1-8H,(H,13,17)(H,14,18);/q;+1. The van der Waals surface area contributed by atoms with Crippen LogP contribution in [0, 0.1) is 9.81 Å². The summed E-state index contributed by atoms with van der Waals surface area (Å²) < 4.78 is 0. The van der Waals surface area contributed by atoms with Crippen LogP contribution in [0.25, 0.3) is 0 Å². The van der Waals surface area contributed by atoms with E-state index in [1.54, 1.807) is 45.9 Å². The molecule has 2 aromatic carbocycles. The number of nitrogens with zero attached hydrogens (tertiary/aromatic N) is 2. The van der Waals surface area contributed by atoms with Gasteiger partial charge in [0.05, 0.1) is 21.9 Å². The van der Waals surface area contributed by atoms with Crippen LogP contribution in [0.5, 0.6) is 0 Å². The summed E-state index contributed by atoms with van der Waals surface area (Å²) >= 11 is 0. The second-order valence-electron chi connectivity index (χ2n) is 3.62. The summed E-state index contributed by atoms with van der Waals surface area (Å²) in [5.74, 6) is 0. The molecule has 0 aliphatic carbocycles. The summed E-state index contributed by atoms with van der Waals surface area (Å²) in [6.07, 6.45) is 0. The summed E-state index contributed by atoms with van der Waals surface area (Å²) in [7, 11) is 3.19. The van der Waals surface area contributed by atoms with E-state index in [1.165, 1.54) is 0 Å². The molecule has 0 spiro atoms. The minimum atomic E-state index is 0. The molecule has 2 N–H and O–H groups in total. The van der Waals surface area contributed by atoms with Gasteiger partial charge < -0.3 is 0 Å². The second kappa shape index (κ2) is 9.80. The van der Waals surface area contributed by atoms with Crippen LogP contribution in [0.1, 0.15) is 0 Å². The Kier molecular flexibility index (Phi) is 8.40. The monoisotopic (exact) mass is 329 g/mol. The van der Waals surface area contributed by atoms with Crippen LogP contribution in [-0.4, -0.2) is 0 Å². The average molecular weight is 329 g/mol. The smallest absolute Gasteiger partial charge is 0.242 e. The van der Waals surface area contributed by atoms with Crippen LogP contribution in [0.3, 0.4) is 0 Å². The molecule has 0 aromatic heterocycles. The van der Waals surface area contributed by atoms with Gasteiger partial charge in [0.15, 0.2) is 0 Å². The van der Waals surface area contributed by atoms with Crippen LogP contribution >= 0.6 is 21.6 Å². The maximum Gasteiger partial charge on any atom is 1.00 e. The molecule has 0 atom stereocenters. The molecular weight excluding hydrogens is 319 g/mol. The molecule has 2 rings (SSSR count). The normalized spacial score (nSPS) is 9.33. The Bertz CT molecular complexity index is 527. The van der Waals surface area contributed by atoms with E-state index in [1.807, 2.05) is 24.3 Å². The van der Waals surface area contributed by atoms with Gasteiger partial charge in [0, 0.05) is 9.79 Å². The van der Waals surface area contributed by atoms with Gasteiger partial charge in [0.1, 0.15) is 0 Å². The molecule has 0 bridgehead atoms. The van der Waals surface area contributed by atoms with Crippen molar-refractivity contribution in [3.8, 4) is 0 Å². The van der Waals surface area contributed by atoms with Crippen molar-refractivity contribution in [1.29, 1.82) is 0 Å². The number of rotatable bonds is 7. The van der Waals surface area contributed by atoms with Crippen LogP contribution in [0.2, 0.25) is 0 Å². The molecule has 0 saturated carbocycles. The number of nitroso groups, excluding NO2 is 2. The van der Waals surface area contributed by atoms with Crippen molar-refractivity contribution in [2.24, 2.45) is 10.6 Å². The van der Waals surface area contributed by atoms with Crippen molar-refractivity contribution >= 4 is 33.0 Å². The van der Waals surface area contributed by atoms with Crippen molar-refractivity contribution in [2.75, 3.05) is 10.9 Å². The fourth-order valence-corrected chi connectivity index (χ4v) is 3.30. The molecule has 0 aliphatic rings. The zero-order chi connectivity index (χ0) is 14.2. The third-order valence-corrected chi connectivity index (χ3v) is 4.71. The number of benzene rings is 2. The first-order chi connectivity index (χ1) is 9.81. The summed E-state index contributed by atoms with van der Waals surface area (Å²) in [6.45, 7) is 0. The zero-order valence-corrected chi connectivity index (χ0v) is 14.8. The Labute approximate surface area is 151 Å². The number of anilines is 2. The van der Waals surface area contributed by atoms with Crippen molar-refractivity contribution in [3.63, 3.8) is 0 Å². The third-order valence-electron chi connectivity index (χ3n) is 2.29. The van der Waals surface area contributed by atoms with E-state index < -0.39 is 0 Å². The van der Waals surface area contributed by atoms with Crippen molar-refractivity contribution < 1.29 is 29.6 Å². The van der Waals surface area contributed by atoms with Gasteiger partial charge in [-0.1, -0.05) is 21.6 Å².